The van der Waals surface area contributed by atoms with Gasteiger partial charge in [-0.15, -0.1) is 0 Å². The van der Waals surface area contributed by atoms with Crippen molar-refractivity contribution in [1.29, 1.82) is 0 Å². The summed E-state index contributed by atoms with van der Waals surface area (Å²) >= 11 is 0. The summed E-state index contributed by atoms with van der Waals surface area (Å²) in [5, 5.41) is 8.58. The van der Waals surface area contributed by atoms with Crippen LogP contribution in [-0.4, -0.2) is 19.6 Å². The molecule has 5 heteroatoms. The highest BCUT2D eigenvalue weighted by Crippen LogP contribution is 2.21. The van der Waals surface area contributed by atoms with Crippen LogP contribution >= 0.6 is 0 Å². The van der Waals surface area contributed by atoms with Crippen LogP contribution in [0.2, 0.25) is 0 Å². The molecule has 2 N–H and O–H groups in total. The Balaban J connectivity index is 2.49. The van der Waals surface area contributed by atoms with Crippen LogP contribution in [0.1, 0.15) is 19.9 Å². The highest BCUT2D eigenvalue weighted by atomic mass is 15.3. The van der Waals surface area contributed by atoms with E-state index in [9.17, 15) is 0 Å². The summed E-state index contributed by atoms with van der Waals surface area (Å²) in [5.74, 6) is 0.654. The molecule has 2 aromatic rings. The van der Waals surface area contributed by atoms with Gasteiger partial charge >= 0.3 is 0 Å². The molecular formula is C10H15N5. The van der Waals surface area contributed by atoms with Gasteiger partial charge in [-0.1, -0.05) is 0 Å². The number of nitrogens with two attached hydrogens (primary N) is 1. The predicted octanol–water partition coefficient (Wildman–Crippen LogP) is 1.45. The molecule has 0 unspecified atom stereocenters. The fraction of sp³-hybridized carbons (Fsp3) is 0.400. The van der Waals surface area contributed by atoms with Gasteiger partial charge in [0.2, 0.25) is 0 Å². The molecule has 5 nitrogen and oxygen atoms in total. The van der Waals surface area contributed by atoms with Crippen molar-refractivity contribution in [3.05, 3.63) is 18.3 Å². The summed E-state index contributed by atoms with van der Waals surface area (Å²) in [7, 11) is 1.83. The zero-order chi connectivity index (χ0) is 11.0. The summed E-state index contributed by atoms with van der Waals surface area (Å²) in [6.07, 6.45) is 1.78. The summed E-state index contributed by atoms with van der Waals surface area (Å²) in [4.78, 5) is 0. The van der Waals surface area contributed by atoms with Crippen LogP contribution < -0.4 is 5.73 Å². The van der Waals surface area contributed by atoms with Crippen LogP contribution in [0, 0.1) is 0 Å². The van der Waals surface area contributed by atoms with E-state index in [1.165, 1.54) is 0 Å². The molecule has 80 valence electrons. The van der Waals surface area contributed by atoms with E-state index in [4.69, 9.17) is 5.73 Å². The fourth-order valence-electron chi connectivity index (χ4n) is 1.54. The van der Waals surface area contributed by atoms with Crippen molar-refractivity contribution in [2.24, 2.45) is 7.05 Å². The van der Waals surface area contributed by atoms with Crippen LogP contribution in [-0.2, 0) is 7.05 Å². The minimum Gasteiger partial charge on any atom is -0.384 e. The van der Waals surface area contributed by atoms with E-state index in [1.54, 1.807) is 10.9 Å². The van der Waals surface area contributed by atoms with E-state index >= 15 is 0 Å². The van der Waals surface area contributed by atoms with Crippen LogP contribution in [0.4, 0.5) is 5.82 Å². The Kier molecular flexibility index (Phi) is 2.22. The van der Waals surface area contributed by atoms with Gasteiger partial charge in [-0.2, -0.15) is 10.2 Å². The molecule has 2 aromatic heterocycles. The Bertz CT molecular complexity index is 446. The lowest BCUT2D eigenvalue weighted by atomic mass is 10.3. The largest absolute Gasteiger partial charge is 0.384 e. The van der Waals surface area contributed by atoms with Crippen LogP contribution in [0.15, 0.2) is 18.3 Å². The van der Waals surface area contributed by atoms with Crippen molar-refractivity contribution in [2.45, 2.75) is 19.9 Å². The number of nitrogens with zero attached hydrogens (tertiary/aromatic N) is 4. The summed E-state index contributed by atoms with van der Waals surface area (Å²) in [5.41, 5.74) is 7.60. The minimum absolute atomic E-state index is 0.318. The number of hydrogen-bond acceptors (Lipinski definition) is 3. The Hall–Kier alpha value is -1.78. The van der Waals surface area contributed by atoms with Gasteiger partial charge in [0.05, 0.1) is 5.69 Å². The summed E-state index contributed by atoms with van der Waals surface area (Å²) < 4.78 is 3.59. The maximum atomic E-state index is 5.74. The van der Waals surface area contributed by atoms with Gasteiger partial charge in [0.1, 0.15) is 11.5 Å². The molecule has 0 spiro atoms. The normalized spacial score (nSPS) is 11.2. The molecule has 0 aliphatic rings. The van der Waals surface area contributed by atoms with Gasteiger partial charge in [0.15, 0.2) is 0 Å². The first kappa shape index (κ1) is 9.76. The zero-order valence-electron chi connectivity index (χ0n) is 9.18. The molecule has 0 aromatic carbocycles. The topological polar surface area (TPSA) is 61.7 Å². The first-order valence-electron chi connectivity index (χ1n) is 4.93. The van der Waals surface area contributed by atoms with Crippen LogP contribution in [0.5, 0.6) is 0 Å². The second-order valence-electron chi connectivity index (χ2n) is 3.83. The molecule has 0 radical (unpaired) electrons. The van der Waals surface area contributed by atoms with E-state index < -0.39 is 0 Å². The van der Waals surface area contributed by atoms with Gasteiger partial charge < -0.3 is 5.73 Å². The van der Waals surface area contributed by atoms with Gasteiger partial charge in [-0.25, -0.2) is 0 Å². The maximum Gasteiger partial charge on any atom is 0.122 e. The molecule has 2 rings (SSSR count). The first-order valence-corrected chi connectivity index (χ1v) is 4.93. The molecule has 0 amide bonds. The number of nitrogen functional groups attached to an aromatic ring is 1. The molecule has 0 aliphatic heterocycles. The van der Waals surface area contributed by atoms with E-state index in [0.29, 0.717) is 11.9 Å². The quantitative estimate of drug-likeness (QED) is 0.807. The highest BCUT2D eigenvalue weighted by molar-refractivity contribution is 5.58. The van der Waals surface area contributed by atoms with Crippen molar-refractivity contribution in [3.63, 3.8) is 0 Å². The lowest BCUT2D eigenvalue weighted by Gasteiger charge is -2.08. The molecule has 0 saturated heterocycles. The third-order valence-electron chi connectivity index (χ3n) is 2.34. The molecule has 0 fully saturated rings. The smallest absolute Gasteiger partial charge is 0.122 e. The van der Waals surface area contributed by atoms with Crippen molar-refractivity contribution >= 4 is 5.82 Å². The molecular weight excluding hydrogens is 190 g/mol. The Morgan fingerprint density at radius 1 is 1.40 bits per heavy atom. The third-order valence-corrected chi connectivity index (χ3v) is 2.34. The molecule has 15 heavy (non-hydrogen) atoms. The van der Waals surface area contributed by atoms with Crippen molar-refractivity contribution in [1.82, 2.24) is 19.6 Å². The zero-order valence-corrected chi connectivity index (χ0v) is 9.18. The predicted molar refractivity (Wildman–Crippen MR) is 59.2 cm³/mol. The Morgan fingerprint density at radius 2 is 2.13 bits per heavy atom. The number of hydrogen-bond donors (Lipinski definition) is 1. The van der Waals surface area contributed by atoms with Crippen LogP contribution in [0.25, 0.3) is 11.4 Å². The molecule has 0 bridgehead atoms. The monoisotopic (exact) mass is 205 g/mol. The fourth-order valence-corrected chi connectivity index (χ4v) is 1.54. The third kappa shape index (κ3) is 1.60. The summed E-state index contributed by atoms with van der Waals surface area (Å²) in [6.45, 7) is 4.17. The lowest BCUT2D eigenvalue weighted by Crippen LogP contribution is -2.04. The number of aryl methyl sites for hydroxylation is 1. The second-order valence-corrected chi connectivity index (χ2v) is 3.83. The molecule has 0 saturated carbocycles. The second kappa shape index (κ2) is 3.42. The van der Waals surface area contributed by atoms with E-state index in [1.807, 2.05) is 23.9 Å². The summed E-state index contributed by atoms with van der Waals surface area (Å²) in [6, 6.07) is 4.12. The first-order chi connectivity index (χ1) is 7.09. The average Bonchev–Trinajstić information content (AvgIpc) is 2.73. The van der Waals surface area contributed by atoms with Gasteiger partial charge in [-0.3, -0.25) is 9.36 Å². The SMILES string of the molecule is CC(C)n1nccc1-c1cc(N)n(C)n1. The van der Waals surface area contributed by atoms with Gasteiger partial charge in [-0.05, 0) is 19.9 Å². The van der Waals surface area contributed by atoms with E-state index in [-0.39, 0.29) is 0 Å². The van der Waals surface area contributed by atoms with Gasteiger partial charge in [0, 0.05) is 25.4 Å². The highest BCUT2D eigenvalue weighted by Gasteiger charge is 2.11. The Labute approximate surface area is 88.5 Å². The number of rotatable bonds is 2. The lowest BCUT2D eigenvalue weighted by molar-refractivity contribution is 0.537. The average molecular weight is 205 g/mol. The van der Waals surface area contributed by atoms with Crippen LogP contribution in [0.3, 0.4) is 0 Å². The van der Waals surface area contributed by atoms with Gasteiger partial charge in [0.25, 0.3) is 0 Å². The van der Waals surface area contributed by atoms with Crippen molar-refractivity contribution in [2.75, 3.05) is 5.73 Å². The number of aromatic nitrogens is 4. The molecule has 0 aliphatic carbocycles. The number of anilines is 1. The molecule has 2 heterocycles. The molecule has 0 atom stereocenters. The van der Waals surface area contributed by atoms with Crippen molar-refractivity contribution in [3.8, 4) is 11.4 Å². The van der Waals surface area contributed by atoms with E-state index in [0.717, 1.165) is 11.4 Å². The minimum atomic E-state index is 0.318. The van der Waals surface area contributed by atoms with E-state index in [2.05, 4.69) is 24.0 Å². The Morgan fingerprint density at radius 3 is 2.67 bits per heavy atom. The standard InChI is InChI=1S/C10H15N5/c1-7(2)15-9(4-5-12-15)8-6-10(11)14(3)13-8/h4-7H,11H2,1-3H3. The van der Waals surface area contributed by atoms with Crippen molar-refractivity contribution < 1.29 is 0 Å². The maximum absolute atomic E-state index is 5.74.